The Bertz CT molecular complexity index is 2530. The normalized spacial score (nSPS) is 11.1. The molecule has 0 aromatic heterocycles. The van der Waals surface area contributed by atoms with Crippen molar-refractivity contribution in [3.05, 3.63) is 212 Å². The topological polar surface area (TPSA) is 3.24 Å². The standard InChI is InChI=1S/C50H35N/c1-5-16-36(17-6-1)37-28-31-42(32-29-37)51(41-23-11-4-12-24-41)43-34-48(38-18-7-2-8-19-38)50(49(35-43)39-20-9-3-10-21-39)47-27-15-26-45-44-25-14-13-22-40(44)30-33-46(45)47/h1-35H. The molecule has 0 fully saturated rings. The summed E-state index contributed by atoms with van der Waals surface area (Å²) in [7, 11) is 0. The van der Waals surface area contributed by atoms with Crippen molar-refractivity contribution in [2.75, 3.05) is 4.90 Å². The molecule has 0 radical (unpaired) electrons. The van der Waals surface area contributed by atoms with Gasteiger partial charge in [-0.2, -0.15) is 0 Å². The predicted octanol–water partition coefficient (Wildman–Crippen LogP) is 14.1. The Balaban J connectivity index is 1.34. The van der Waals surface area contributed by atoms with E-state index in [0.29, 0.717) is 0 Å². The number of fused-ring (bicyclic) bond motifs is 3. The van der Waals surface area contributed by atoms with Crippen LogP contribution in [0.15, 0.2) is 212 Å². The number of para-hydroxylation sites is 1. The molecule has 0 spiro atoms. The van der Waals surface area contributed by atoms with Crippen molar-refractivity contribution in [1.82, 2.24) is 0 Å². The Hall–Kier alpha value is -6.70. The molecule has 0 unspecified atom stereocenters. The van der Waals surface area contributed by atoms with E-state index in [1.54, 1.807) is 0 Å². The van der Waals surface area contributed by atoms with Gasteiger partial charge in [-0.15, -0.1) is 0 Å². The Labute approximate surface area is 299 Å². The highest BCUT2D eigenvalue weighted by Gasteiger charge is 2.22. The van der Waals surface area contributed by atoms with Crippen LogP contribution in [0.3, 0.4) is 0 Å². The highest BCUT2D eigenvalue weighted by Crippen LogP contribution is 2.48. The van der Waals surface area contributed by atoms with E-state index in [1.165, 1.54) is 66.1 Å². The summed E-state index contributed by atoms with van der Waals surface area (Å²) in [6.45, 7) is 0. The summed E-state index contributed by atoms with van der Waals surface area (Å²) in [5, 5.41) is 5.03. The van der Waals surface area contributed by atoms with Crippen LogP contribution in [0.2, 0.25) is 0 Å². The molecule has 0 atom stereocenters. The summed E-state index contributed by atoms with van der Waals surface area (Å²) in [6, 6.07) is 76.7. The van der Waals surface area contributed by atoms with Crippen LogP contribution < -0.4 is 4.90 Å². The third-order valence-corrected chi connectivity index (χ3v) is 9.85. The molecule has 0 aliphatic heterocycles. The lowest BCUT2D eigenvalue weighted by Gasteiger charge is -2.29. The molecule has 0 N–H and O–H groups in total. The van der Waals surface area contributed by atoms with Crippen LogP contribution in [-0.2, 0) is 0 Å². The molecule has 51 heavy (non-hydrogen) atoms. The second kappa shape index (κ2) is 13.3. The summed E-state index contributed by atoms with van der Waals surface area (Å²) in [5.74, 6) is 0. The van der Waals surface area contributed by atoms with Gasteiger partial charge in [-0.25, -0.2) is 0 Å². The van der Waals surface area contributed by atoms with Crippen LogP contribution in [0.1, 0.15) is 0 Å². The van der Waals surface area contributed by atoms with Crippen molar-refractivity contribution in [3.63, 3.8) is 0 Å². The smallest absolute Gasteiger partial charge is 0.0474 e. The average Bonchev–Trinajstić information content (AvgIpc) is 3.22. The Kier molecular flexibility index (Phi) is 7.92. The predicted molar refractivity (Wildman–Crippen MR) is 218 cm³/mol. The molecule has 1 nitrogen and oxygen atoms in total. The van der Waals surface area contributed by atoms with Gasteiger partial charge < -0.3 is 4.90 Å². The lowest BCUT2D eigenvalue weighted by atomic mass is 9.84. The third kappa shape index (κ3) is 5.75. The quantitative estimate of drug-likeness (QED) is 0.155. The van der Waals surface area contributed by atoms with E-state index in [-0.39, 0.29) is 0 Å². The van der Waals surface area contributed by atoms with E-state index < -0.39 is 0 Å². The number of anilines is 3. The first-order valence-corrected chi connectivity index (χ1v) is 17.5. The van der Waals surface area contributed by atoms with Gasteiger partial charge in [0.05, 0.1) is 0 Å². The van der Waals surface area contributed by atoms with Gasteiger partial charge in [0.1, 0.15) is 0 Å². The molecular weight excluding hydrogens is 615 g/mol. The molecule has 0 amide bonds. The first-order valence-electron chi connectivity index (χ1n) is 17.5. The summed E-state index contributed by atoms with van der Waals surface area (Å²) < 4.78 is 0. The molecule has 0 aliphatic carbocycles. The minimum Gasteiger partial charge on any atom is -0.310 e. The Morgan fingerprint density at radius 1 is 0.255 bits per heavy atom. The van der Waals surface area contributed by atoms with Gasteiger partial charge >= 0.3 is 0 Å². The van der Waals surface area contributed by atoms with Crippen LogP contribution >= 0.6 is 0 Å². The highest BCUT2D eigenvalue weighted by molar-refractivity contribution is 6.14. The lowest BCUT2D eigenvalue weighted by molar-refractivity contribution is 1.28. The zero-order valence-corrected chi connectivity index (χ0v) is 28.2. The molecule has 240 valence electrons. The van der Waals surface area contributed by atoms with E-state index in [0.717, 1.165) is 17.1 Å². The Morgan fingerprint density at radius 2 is 0.745 bits per heavy atom. The monoisotopic (exact) mass is 649 g/mol. The second-order valence-corrected chi connectivity index (χ2v) is 12.9. The molecule has 0 bridgehead atoms. The van der Waals surface area contributed by atoms with Gasteiger partial charge in [0, 0.05) is 17.1 Å². The maximum Gasteiger partial charge on any atom is 0.0474 e. The summed E-state index contributed by atoms with van der Waals surface area (Å²) in [6.07, 6.45) is 0. The fourth-order valence-electron chi connectivity index (χ4n) is 7.45. The van der Waals surface area contributed by atoms with Gasteiger partial charge in [-0.1, -0.05) is 176 Å². The molecule has 1 heteroatoms. The summed E-state index contributed by atoms with van der Waals surface area (Å²) >= 11 is 0. The first-order chi connectivity index (χ1) is 25.3. The molecule has 0 aliphatic rings. The van der Waals surface area contributed by atoms with Crippen molar-refractivity contribution in [2.45, 2.75) is 0 Å². The van der Waals surface area contributed by atoms with Gasteiger partial charge in [0.25, 0.3) is 0 Å². The maximum absolute atomic E-state index is 2.38. The number of nitrogens with zero attached hydrogens (tertiary/aromatic N) is 1. The largest absolute Gasteiger partial charge is 0.310 e. The fourth-order valence-corrected chi connectivity index (χ4v) is 7.45. The molecule has 0 saturated carbocycles. The molecule has 0 saturated heterocycles. The SMILES string of the molecule is c1ccc(-c2ccc(N(c3ccccc3)c3cc(-c4ccccc4)c(-c4cccc5c4ccc4ccccc45)c(-c4ccccc4)c3)cc2)cc1. The van der Waals surface area contributed by atoms with E-state index in [2.05, 4.69) is 217 Å². The van der Waals surface area contributed by atoms with Crippen molar-refractivity contribution >= 4 is 38.6 Å². The van der Waals surface area contributed by atoms with Crippen LogP contribution in [0, 0.1) is 0 Å². The van der Waals surface area contributed by atoms with Crippen molar-refractivity contribution in [2.24, 2.45) is 0 Å². The number of rotatable bonds is 7. The van der Waals surface area contributed by atoms with Gasteiger partial charge in [0.2, 0.25) is 0 Å². The van der Waals surface area contributed by atoms with Gasteiger partial charge in [-0.05, 0) is 102 Å². The minimum absolute atomic E-state index is 1.10. The number of benzene rings is 9. The minimum atomic E-state index is 1.10. The fraction of sp³-hybridized carbons (Fsp3) is 0. The molecular formula is C50H35N. The van der Waals surface area contributed by atoms with Crippen molar-refractivity contribution in [3.8, 4) is 44.5 Å². The molecule has 9 rings (SSSR count). The van der Waals surface area contributed by atoms with E-state index in [9.17, 15) is 0 Å². The average molecular weight is 650 g/mol. The van der Waals surface area contributed by atoms with Gasteiger partial charge in [-0.3, -0.25) is 0 Å². The zero-order chi connectivity index (χ0) is 34.0. The van der Waals surface area contributed by atoms with Crippen LogP contribution in [-0.4, -0.2) is 0 Å². The molecule has 0 heterocycles. The van der Waals surface area contributed by atoms with Crippen LogP contribution in [0.5, 0.6) is 0 Å². The third-order valence-electron chi connectivity index (χ3n) is 9.85. The van der Waals surface area contributed by atoms with Gasteiger partial charge in [0.15, 0.2) is 0 Å². The Morgan fingerprint density at radius 3 is 1.37 bits per heavy atom. The second-order valence-electron chi connectivity index (χ2n) is 12.9. The van der Waals surface area contributed by atoms with Crippen molar-refractivity contribution < 1.29 is 0 Å². The first kappa shape index (κ1) is 30.4. The number of hydrogen-bond donors (Lipinski definition) is 0. The van der Waals surface area contributed by atoms with E-state index >= 15 is 0 Å². The molecule has 9 aromatic rings. The zero-order valence-electron chi connectivity index (χ0n) is 28.2. The molecule has 9 aromatic carbocycles. The summed E-state index contributed by atoms with van der Waals surface area (Å²) in [4.78, 5) is 2.38. The summed E-state index contributed by atoms with van der Waals surface area (Å²) in [5.41, 5.74) is 12.9. The van der Waals surface area contributed by atoms with Crippen molar-refractivity contribution in [1.29, 1.82) is 0 Å². The van der Waals surface area contributed by atoms with Crippen LogP contribution in [0.4, 0.5) is 17.1 Å². The maximum atomic E-state index is 2.38. The lowest BCUT2D eigenvalue weighted by Crippen LogP contribution is -2.10. The highest BCUT2D eigenvalue weighted by atomic mass is 15.1. The van der Waals surface area contributed by atoms with Crippen LogP contribution in [0.25, 0.3) is 66.1 Å². The number of hydrogen-bond acceptors (Lipinski definition) is 1. The van der Waals surface area contributed by atoms with E-state index in [1.807, 2.05) is 0 Å². The van der Waals surface area contributed by atoms with E-state index in [4.69, 9.17) is 0 Å².